The van der Waals surface area contributed by atoms with Crippen LogP contribution in [0.2, 0.25) is 0 Å². The van der Waals surface area contributed by atoms with Gasteiger partial charge in [-0.1, -0.05) is 30.3 Å². The van der Waals surface area contributed by atoms with E-state index in [2.05, 4.69) is 0 Å². The molecule has 0 aliphatic carbocycles. The zero-order chi connectivity index (χ0) is 13.0. The fourth-order valence-electron chi connectivity index (χ4n) is 1.91. The van der Waals surface area contributed by atoms with E-state index >= 15 is 0 Å². The van der Waals surface area contributed by atoms with Gasteiger partial charge in [-0.2, -0.15) is 4.31 Å². The molecule has 0 atom stereocenters. The van der Waals surface area contributed by atoms with Crippen LogP contribution < -0.4 is 0 Å². The Morgan fingerprint density at radius 1 is 1.17 bits per heavy atom. The van der Waals surface area contributed by atoms with Gasteiger partial charge in [-0.15, -0.1) is 0 Å². The summed E-state index contributed by atoms with van der Waals surface area (Å²) in [4.78, 5) is 0. The summed E-state index contributed by atoms with van der Waals surface area (Å²) in [5.74, 6) is 0. The highest BCUT2D eigenvalue weighted by molar-refractivity contribution is 7.92. The van der Waals surface area contributed by atoms with Crippen LogP contribution in [0.1, 0.15) is 18.4 Å². The van der Waals surface area contributed by atoms with Crippen molar-refractivity contribution in [3.8, 4) is 0 Å². The second kappa shape index (κ2) is 5.65. The van der Waals surface area contributed by atoms with E-state index in [1.807, 2.05) is 30.3 Å². The smallest absolute Gasteiger partial charge is 0.236 e. The Bertz CT molecular complexity index is 502. The topological polar surface area (TPSA) is 57.6 Å². The second-order valence-electron chi connectivity index (χ2n) is 4.39. The molecule has 1 fully saturated rings. The molecule has 1 heterocycles. The Hall–Kier alpha value is -1.17. The fraction of sp³-hybridized carbons (Fsp3) is 0.385. The van der Waals surface area contributed by atoms with E-state index in [0.717, 1.165) is 5.56 Å². The minimum Gasteiger partial charge on any atom is -0.393 e. The third-order valence-corrected chi connectivity index (χ3v) is 4.58. The summed E-state index contributed by atoms with van der Waals surface area (Å²) in [5.41, 5.74) is 0.859. The first-order chi connectivity index (χ1) is 8.58. The molecular formula is C13H17NO3S. The Kier molecular flexibility index (Phi) is 4.16. The van der Waals surface area contributed by atoms with Crippen LogP contribution >= 0.6 is 0 Å². The van der Waals surface area contributed by atoms with Crippen LogP contribution in [0.15, 0.2) is 35.7 Å². The standard InChI is InChI=1S/C13H17NO3S/c15-13-6-9-14(10-7-13)18(16,17)11-8-12-4-2-1-3-5-12/h1-5,8,11,13,15H,6-7,9-10H2/b11-8+. The number of hydrogen-bond donors (Lipinski definition) is 1. The maximum Gasteiger partial charge on any atom is 0.236 e. The van der Waals surface area contributed by atoms with Gasteiger partial charge in [0.15, 0.2) is 0 Å². The van der Waals surface area contributed by atoms with Crippen molar-refractivity contribution in [3.63, 3.8) is 0 Å². The monoisotopic (exact) mass is 267 g/mol. The number of rotatable bonds is 3. The van der Waals surface area contributed by atoms with Crippen molar-refractivity contribution >= 4 is 16.1 Å². The van der Waals surface area contributed by atoms with E-state index in [9.17, 15) is 13.5 Å². The molecule has 1 aromatic carbocycles. The van der Waals surface area contributed by atoms with Crippen molar-refractivity contribution in [1.29, 1.82) is 0 Å². The van der Waals surface area contributed by atoms with Gasteiger partial charge in [-0.25, -0.2) is 8.42 Å². The molecule has 2 rings (SSSR count). The van der Waals surface area contributed by atoms with Crippen molar-refractivity contribution in [2.24, 2.45) is 0 Å². The lowest BCUT2D eigenvalue weighted by Gasteiger charge is -2.27. The fourth-order valence-corrected chi connectivity index (χ4v) is 3.13. The average Bonchev–Trinajstić information content (AvgIpc) is 2.38. The highest BCUT2D eigenvalue weighted by Gasteiger charge is 2.24. The summed E-state index contributed by atoms with van der Waals surface area (Å²) in [6, 6.07) is 9.32. The van der Waals surface area contributed by atoms with Gasteiger partial charge in [0.25, 0.3) is 0 Å². The molecule has 1 aliphatic rings. The minimum absolute atomic E-state index is 0.366. The van der Waals surface area contributed by atoms with Gasteiger partial charge in [-0.05, 0) is 24.5 Å². The molecular weight excluding hydrogens is 250 g/mol. The Morgan fingerprint density at radius 3 is 2.39 bits per heavy atom. The van der Waals surface area contributed by atoms with Crippen LogP contribution in [0, 0.1) is 0 Å². The first kappa shape index (κ1) is 13.3. The maximum atomic E-state index is 12.0. The molecule has 0 radical (unpaired) electrons. The molecule has 1 N–H and O–H groups in total. The number of sulfonamides is 1. The third-order valence-electron chi connectivity index (χ3n) is 3.02. The van der Waals surface area contributed by atoms with Crippen LogP contribution in [-0.2, 0) is 10.0 Å². The minimum atomic E-state index is -3.36. The normalized spacial score (nSPS) is 19.4. The Labute approximate surface area is 108 Å². The van der Waals surface area contributed by atoms with Gasteiger partial charge in [0.05, 0.1) is 6.10 Å². The van der Waals surface area contributed by atoms with E-state index in [-0.39, 0.29) is 6.10 Å². The van der Waals surface area contributed by atoms with Gasteiger partial charge in [-0.3, -0.25) is 0 Å². The van der Waals surface area contributed by atoms with Gasteiger partial charge in [0.2, 0.25) is 10.0 Å². The summed E-state index contributed by atoms with van der Waals surface area (Å²) < 4.78 is 25.5. The zero-order valence-electron chi connectivity index (χ0n) is 10.1. The molecule has 0 spiro atoms. The molecule has 18 heavy (non-hydrogen) atoms. The molecule has 0 amide bonds. The number of aliphatic hydroxyl groups is 1. The molecule has 0 aromatic heterocycles. The molecule has 5 heteroatoms. The lowest BCUT2D eigenvalue weighted by Crippen LogP contribution is -2.38. The van der Waals surface area contributed by atoms with Gasteiger partial charge in [0, 0.05) is 18.5 Å². The van der Waals surface area contributed by atoms with E-state index < -0.39 is 10.0 Å². The molecule has 0 saturated carbocycles. The quantitative estimate of drug-likeness (QED) is 0.901. The van der Waals surface area contributed by atoms with Crippen molar-refractivity contribution in [1.82, 2.24) is 4.31 Å². The number of piperidine rings is 1. The van der Waals surface area contributed by atoms with Crippen LogP contribution in [-0.4, -0.2) is 37.0 Å². The van der Waals surface area contributed by atoms with Crippen LogP contribution in [0.25, 0.3) is 6.08 Å². The Balaban J connectivity index is 2.06. The number of benzene rings is 1. The van der Waals surface area contributed by atoms with Gasteiger partial charge in [0.1, 0.15) is 0 Å². The summed E-state index contributed by atoms with van der Waals surface area (Å²) >= 11 is 0. The predicted octanol–water partition coefficient (Wildman–Crippen LogP) is 1.44. The van der Waals surface area contributed by atoms with Crippen LogP contribution in [0.5, 0.6) is 0 Å². The summed E-state index contributed by atoms with van der Waals surface area (Å²) in [6.07, 6.45) is 2.26. The van der Waals surface area contributed by atoms with E-state index in [4.69, 9.17) is 0 Å². The lowest BCUT2D eigenvalue weighted by atomic mass is 10.1. The molecule has 0 bridgehead atoms. The molecule has 1 aliphatic heterocycles. The summed E-state index contributed by atoms with van der Waals surface area (Å²) in [6.45, 7) is 0.783. The third kappa shape index (κ3) is 3.41. The molecule has 4 nitrogen and oxygen atoms in total. The van der Waals surface area contributed by atoms with E-state index in [1.54, 1.807) is 6.08 Å². The lowest BCUT2D eigenvalue weighted by molar-refractivity contribution is 0.113. The number of hydrogen-bond acceptors (Lipinski definition) is 3. The average molecular weight is 267 g/mol. The summed E-state index contributed by atoms with van der Waals surface area (Å²) in [5, 5.41) is 10.6. The Morgan fingerprint density at radius 2 is 1.78 bits per heavy atom. The maximum absolute atomic E-state index is 12.0. The largest absolute Gasteiger partial charge is 0.393 e. The highest BCUT2D eigenvalue weighted by atomic mass is 32.2. The molecule has 0 unspecified atom stereocenters. The molecule has 1 aromatic rings. The first-order valence-electron chi connectivity index (χ1n) is 5.99. The van der Waals surface area contributed by atoms with Crippen molar-refractivity contribution < 1.29 is 13.5 Å². The van der Waals surface area contributed by atoms with Crippen molar-refractivity contribution in [2.45, 2.75) is 18.9 Å². The van der Waals surface area contributed by atoms with Crippen LogP contribution in [0.3, 0.4) is 0 Å². The highest BCUT2D eigenvalue weighted by Crippen LogP contribution is 2.15. The zero-order valence-corrected chi connectivity index (χ0v) is 10.9. The van der Waals surface area contributed by atoms with Crippen molar-refractivity contribution in [3.05, 3.63) is 41.3 Å². The summed E-state index contributed by atoms with van der Waals surface area (Å²) in [7, 11) is -3.36. The SMILES string of the molecule is O=S(=O)(/C=C/c1ccccc1)N1CCC(O)CC1. The number of nitrogens with zero attached hydrogens (tertiary/aromatic N) is 1. The van der Waals surface area contributed by atoms with Gasteiger partial charge >= 0.3 is 0 Å². The predicted molar refractivity (Wildman–Crippen MR) is 71.2 cm³/mol. The van der Waals surface area contributed by atoms with Crippen LogP contribution in [0.4, 0.5) is 0 Å². The second-order valence-corrected chi connectivity index (χ2v) is 6.21. The number of aliphatic hydroxyl groups excluding tert-OH is 1. The van der Waals surface area contributed by atoms with E-state index in [1.165, 1.54) is 9.71 Å². The molecule has 98 valence electrons. The van der Waals surface area contributed by atoms with E-state index in [0.29, 0.717) is 25.9 Å². The first-order valence-corrected chi connectivity index (χ1v) is 7.49. The van der Waals surface area contributed by atoms with Crippen molar-refractivity contribution in [2.75, 3.05) is 13.1 Å². The van der Waals surface area contributed by atoms with Gasteiger partial charge < -0.3 is 5.11 Å². The molecule has 1 saturated heterocycles.